The zero-order valence-electron chi connectivity index (χ0n) is 13.9. The van der Waals surface area contributed by atoms with Crippen molar-refractivity contribution in [2.75, 3.05) is 39.5 Å². The summed E-state index contributed by atoms with van der Waals surface area (Å²) in [5.74, 6) is 0.0518. The van der Waals surface area contributed by atoms with Crippen LogP contribution in [0.2, 0.25) is 5.02 Å². The van der Waals surface area contributed by atoms with Gasteiger partial charge in [-0.1, -0.05) is 29.8 Å². The first-order chi connectivity index (χ1) is 11.7. The van der Waals surface area contributed by atoms with Crippen LogP contribution in [-0.2, 0) is 19.7 Å². The minimum atomic E-state index is -0.150. The normalized spacial score (nSPS) is 23.6. The summed E-state index contributed by atoms with van der Waals surface area (Å²) < 4.78 is 10.9. The van der Waals surface area contributed by atoms with Gasteiger partial charge in [0.15, 0.2) is 0 Å². The summed E-state index contributed by atoms with van der Waals surface area (Å²) in [5.41, 5.74) is 0.956. The fourth-order valence-electron chi connectivity index (χ4n) is 3.51. The Bertz CT molecular complexity index is 555. The van der Waals surface area contributed by atoms with Gasteiger partial charge in [-0.15, -0.1) is 0 Å². The van der Waals surface area contributed by atoms with Crippen LogP contribution in [0.4, 0.5) is 0 Å². The summed E-state index contributed by atoms with van der Waals surface area (Å²) in [6.07, 6.45) is 2.17. The van der Waals surface area contributed by atoms with Crippen LogP contribution in [0.1, 0.15) is 24.8 Å². The van der Waals surface area contributed by atoms with Crippen LogP contribution in [0.25, 0.3) is 0 Å². The molecule has 6 heteroatoms. The van der Waals surface area contributed by atoms with Crippen LogP contribution < -0.4 is 10.6 Å². The molecule has 5 nitrogen and oxygen atoms in total. The van der Waals surface area contributed by atoms with Crippen LogP contribution in [-0.4, -0.2) is 51.5 Å². The first kappa shape index (κ1) is 17.7. The van der Waals surface area contributed by atoms with Crippen LogP contribution in [0, 0.1) is 0 Å². The minimum Gasteiger partial charge on any atom is -0.381 e. The molecule has 2 N–H and O–H groups in total. The van der Waals surface area contributed by atoms with Gasteiger partial charge < -0.3 is 20.1 Å². The lowest BCUT2D eigenvalue weighted by Crippen LogP contribution is -2.48. The second-order valence-electron chi connectivity index (χ2n) is 6.58. The molecule has 1 atom stereocenters. The zero-order chi connectivity index (χ0) is 16.8. The lowest BCUT2D eigenvalue weighted by Gasteiger charge is -2.38. The van der Waals surface area contributed by atoms with Crippen molar-refractivity contribution in [3.05, 3.63) is 34.9 Å². The average Bonchev–Trinajstić information content (AvgIpc) is 2.62. The SMILES string of the molecule is O=C(CC1COCCN1)NCC1(c2ccccc2Cl)CCOCC1. The van der Waals surface area contributed by atoms with Crippen LogP contribution in [0.3, 0.4) is 0 Å². The maximum absolute atomic E-state index is 12.3. The molecule has 0 bridgehead atoms. The Hall–Kier alpha value is -1.14. The van der Waals surface area contributed by atoms with Gasteiger partial charge in [0.25, 0.3) is 0 Å². The van der Waals surface area contributed by atoms with Crippen molar-refractivity contribution in [1.82, 2.24) is 10.6 Å². The third kappa shape index (κ3) is 4.28. The first-order valence-electron chi connectivity index (χ1n) is 8.60. The molecule has 2 heterocycles. The van der Waals surface area contributed by atoms with E-state index in [1.165, 1.54) is 0 Å². The van der Waals surface area contributed by atoms with E-state index in [1.54, 1.807) is 0 Å². The first-order valence-corrected chi connectivity index (χ1v) is 8.98. The lowest BCUT2D eigenvalue weighted by molar-refractivity contribution is -0.122. The molecule has 0 saturated carbocycles. The van der Waals surface area contributed by atoms with Gasteiger partial charge in [-0.3, -0.25) is 4.79 Å². The number of benzene rings is 1. The largest absolute Gasteiger partial charge is 0.381 e. The van der Waals surface area contributed by atoms with Crippen molar-refractivity contribution >= 4 is 17.5 Å². The van der Waals surface area contributed by atoms with Crippen LogP contribution in [0.15, 0.2) is 24.3 Å². The topological polar surface area (TPSA) is 59.6 Å². The summed E-state index contributed by atoms with van der Waals surface area (Å²) in [7, 11) is 0. The maximum Gasteiger partial charge on any atom is 0.221 e. The molecule has 1 aromatic rings. The van der Waals surface area contributed by atoms with Gasteiger partial charge >= 0.3 is 0 Å². The number of ether oxygens (including phenoxy) is 2. The fourth-order valence-corrected chi connectivity index (χ4v) is 3.85. The molecule has 0 aromatic heterocycles. The Morgan fingerprint density at radius 1 is 1.25 bits per heavy atom. The van der Waals surface area contributed by atoms with Crippen LogP contribution in [0.5, 0.6) is 0 Å². The predicted octanol–water partition coefficient (Wildman–Crippen LogP) is 1.88. The number of hydrogen-bond donors (Lipinski definition) is 2. The molecule has 2 saturated heterocycles. The van der Waals surface area contributed by atoms with Gasteiger partial charge in [0.05, 0.1) is 13.2 Å². The maximum atomic E-state index is 12.3. The molecule has 2 aliphatic rings. The lowest BCUT2D eigenvalue weighted by atomic mass is 9.74. The Morgan fingerprint density at radius 3 is 2.75 bits per heavy atom. The molecular formula is C18H25ClN2O3. The molecule has 0 spiro atoms. The third-order valence-corrected chi connectivity index (χ3v) is 5.28. The molecular weight excluding hydrogens is 328 g/mol. The van der Waals surface area contributed by atoms with Gasteiger partial charge in [0.2, 0.25) is 5.91 Å². The average molecular weight is 353 g/mol. The van der Waals surface area contributed by atoms with Crippen molar-refractivity contribution in [3.8, 4) is 0 Å². The smallest absolute Gasteiger partial charge is 0.221 e. The third-order valence-electron chi connectivity index (χ3n) is 4.95. The van der Waals surface area contributed by atoms with Crippen molar-refractivity contribution in [3.63, 3.8) is 0 Å². The van der Waals surface area contributed by atoms with Gasteiger partial charge in [0.1, 0.15) is 0 Å². The van der Waals surface area contributed by atoms with Crippen molar-refractivity contribution in [2.45, 2.75) is 30.7 Å². The Kier molecular flexibility index (Phi) is 6.11. The molecule has 2 fully saturated rings. The standard InChI is InChI=1S/C18H25ClN2O3/c19-16-4-2-1-3-15(16)18(5-8-23-9-6-18)13-21-17(22)11-14-12-24-10-7-20-14/h1-4,14,20H,5-13H2,(H,21,22). The van der Waals surface area contributed by atoms with Crippen LogP contribution >= 0.6 is 11.6 Å². The monoisotopic (exact) mass is 352 g/mol. The summed E-state index contributed by atoms with van der Waals surface area (Å²) in [6, 6.07) is 8.02. The molecule has 1 amide bonds. The van der Waals surface area contributed by atoms with E-state index >= 15 is 0 Å². The van der Waals surface area contributed by atoms with E-state index in [0.29, 0.717) is 39.4 Å². The number of carbonyl (C=O) groups is 1. The molecule has 1 unspecified atom stereocenters. The highest BCUT2D eigenvalue weighted by Gasteiger charge is 2.36. The van der Waals surface area contributed by atoms with Crippen molar-refractivity contribution in [2.24, 2.45) is 0 Å². The van der Waals surface area contributed by atoms with E-state index in [4.69, 9.17) is 21.1 Å². The Balaban J connectivity index is 1.64. The quantitative estimate of drug-likeness (QED) is 0.849. The number of carbonyl (C=O) groups excluding carboxylic acids is 1. The van der Waals surface area contributed by atoms with E-state index < -0.39 is 0 Å². The number of hydrogen-bond acceptors (Lipinski definition) is 4. The molecule has 2 aliphatic heterocycles. The number of halogens is 1. The highest BCUT2D eigenvalue weighted by atomic mass is 35.5. The molecule has 24 heavy (non-hydrogen) atoms. The minimum absolute atomic E-state index is 0.0518. The highest BCUT2D eigenvalue weighted by Crippen LogP contribution is 2.38. The predicted molar refractivity (Wildman–Crippen MR) is 93.4 cm³/mol. The number of nitrogens with one attached hydrogen (secondary N) is 2. The summed E-state index contributed by atoms with van der Waals surface area (Å²) in [6.45, 7) is 4.09. The molecule has 1 aromatic carbocycles. The Morgan fingerprint density at radius 2 is 2.04 bits per heavy atom. The van der Waals surface area contributed by atoms with E-state index in [1.807, 2.05) is 18.2 Å². The number of rotatable bonds is 5. The second kappa shape index (κ2) is 8.30. The van der Waals surface area contributed by atoms with E-state index in [2.05, 4.69) is 16.7 Å². The van der Waals surface area contributed by atoms with E-state index in [9.17, 15) is 4.79 Å². The summed E-state index contributed by atoms with van der Waals surface area (Å²) in [5, 5.41) is 7.19. The molecule has 0 radical (unpaired) electrons. The second-order valence-corrected chi connectivity index (χ2v) is 6.99. The summed E-state index contributed by atoms with van der Waals surface area (Å²) >= 11 is 6.44. The van der Waals surface area contributed by atoms with Gasteiger partial charge in [-0.05, 0) is 24.5 Å². The number of morpholine rings is 1. The molecule has 3 rings (SSSR count). The zero-order valence-corrected chi connectivity index (χ0v) is 14.6. The highest BCUT2D eigenvalue weighted by molar-refractivity contribution is 6.31. The van der Waals surface area contributed by atoms with Gasteiger partial charge in [0, 0.05) is 49.2 Å². The van der Waals surface area contributed by atoms with Crippen molar-refractivity contribution in [1.29, 1.82) is 0 Å². The molecule has 132 valence electrons. The Labute approximate surface area is 148 Å². The van der Waals surface area contributed by atoms with E-state index in [-0.39, 0.29) is 17.4 Å². The number of amides is 1. The molecule has 0 aliphatic carbocycles. The summed E-state index contributed by atoms with van der Waals surface area (Å²) in [4.78, 5) is 12.3. The fraction of sp³-hybridized carbons (Fsp3) is 0.611. The van der Waals surface area contributed by atoms with Gasteiger partial charge in [-0.25, -0.2) is 0 Å². The van der Waals surface area contributed by atoms with Gasteiger partial charge in [-0.2, -0.15) is 0 Å². The van der Waals surface area contributed by atoms with Crippen molar-refractivity contribution < 1.29 is 14.3 Å². The van der Waals surface area contributed by atoms with E-state index in [0.717, 1.165) is 30.0 Å².